The fourth-order valence-corrected chi connectivity index (χ4v) is 11.2. The van der Waals surface area contributed by atoms with Crippen molar-refractivity contribution < 1.29 is 28.2 Å². The van der Waals surface area contributed by atoms with Crippen molar-refractivity contribution in [2.75, 3.05) is 68.2 Å². The van der Waals surface area contributed by atoms with Crippen LogP contribution >= 0.6 is 0 Å². The molecular weight excluding hydrogens is 830 g/mol. The van der Waals surface area contributed by atoms with Gasteiger partial charge in [-0.25, -0.2) is 14.1 Å². The second-order valence-electron chi connectivity index (χ2n) is 18.8. The first-order valence-corrected chi connectivity index (χ1v) is 23.1. The molecule has 4 bridgehead atoms. The normalized spacial score (nSPS) is 23.4. The zero-order chi connectivity index (χ0) is 45.1. The zero-order valence-electron chi connectivity index (χ0n) is 37.9. The second kappa shape index (κ2) is 17.5. The molecule has 1 aliphatic carbocycles. The molecule has 2 N–H and O–H groups in total. The number of nitrogens with one attached hydrogen (secondary N) is 2. The summed E-state index contributed by atoms with van der Waals surface area (Å²) in [6.07, 6.45) is 5.38. The van der Waals surface area contributed by atoms with Crippen LogP contribution in [0, 0.1) is 38.4 Å². The Hall–Kier alpha value is -5.94. The van der Waals surface area contributed by atoms with Crippen molar-refractivity contribution in [3.05, 3.63) is 70.6 Å². The van der Waals surface area contributed by atoms with Crippen LogP contribution in [0.15, 0.2) is 36.4 Å². The number of piperidine rings is 2. The number of amides is 3. The van der Waals surface area contributed by atoms with Gasteiger partial charge in [0.15, 0.2) is 0 Å². The third-order valence-corrected chi connectivity index (χ3v) is 14.4. The van der Waals surface area contributed by atoms with Gasteiger partial charge < -0.3 is 23.8 Å². The second-order valence-corrected chi connectivity index (χ2v) is 18.8. The van der Waals surface area contributed by atoms with Crippen LogP contribution < -0.4 is 25.2 Å². The van der Waals surface area contributed by atoms with E-state index in [1.54, 1.807) is 17.9 Å². The lowest BCUT2D eigenvalue weighted by Gasteiger charge is -2.48. The van der Waals surface area contributed by atoms with Crippen LogP contribution in [0.25, 0.3) is 22.3 Å². The van der Waals surface area contributed by atoms with E-state index in [9.17, 15) is 14.4 Å². The summed E-state index contributed by atoms with van der Waals surface area (Å²) in [4.78, 5) is 60.0. The molecule has 5 aliphatic rings. The first-order valence-electron chi connectivity index (χ1n) is 23.1. The number of aryl methyl sites for hydroxylation is 4. The highest BCUT2D eigenvalue weighted by Crippen LogP contribution is 2.39. The van der Waals surface area contributed by atoms with Crippen LogP contribution in [0.2, 0.25) is 0 Å². The molecule has 5 aromatic rings. The highest BCUT2D eigenvalue weighted by atomic mass is 19.1. The number of carbonyl (C=O) groups excluding carboxylic acids is 3. The summed E-state index contributed by atoms with van der Waals surface area (Å²) in [6.45, 7) is 11.6. The van der Waals surface area contributed by atoms with Gasteiger partial charge in [-0.2, -0.15) is 5.10 Å². The molecule has 17 heteroatoms. The lowest BCUT2D eigenvalue weighted by molar-refractivity contribution is -0.134. The van der Waals surface area contributed by atoms with Gasteiger partial charge in [-0.15, -0.1) is 0 Å². The smallest absolute Gasteiger partial charge is 0.258 e. The van der Waals surface area contributed by atoms with Gasteiger partial charge in [-0.05, 0) is 101 Å². The number of methoxy groups -OCH3 is 1. The molecule has 16 nitrogen and oxygen atoms in total. The maximum absolute atomic E-state index is 15.5. The first kappa shape index (κ1) is 43.0. The molecule has 342 valence electrons. The Kier molecular flexibility index (Phi) is 11.5. The van der Waals surface area contributed by atoms with Gasteiger partial charge in [-0.3, -0.25) is 39.9 Å². The Morgan fingerprint density at radius 1 is 0.862 bits per heavy atom. The number of imidazole rings is 1. The molecule has 4 aromatic heterocycles. The third-order valence-electron chi connectivity index (χ3n) is 14.4. The van der Waals surface area contributed by atoms with Crippen LogP contribution in [0.1, 0.15) is 84.0 Å². The molecule has 3 saturated heterocycles. The fourth-order valence-electron chi connectivity index (χ4n) is 11.2. The number of hydrogen-bond acceptors (Lipinski definition) is 12. The summed E-state index contributed by atoms with van der Waals surface area (Å²) in [7, 11) is 3.65. The molecule has 3 amide bonds. The lowest BCUT2D eigenvalue weighted by Crippen LogP contribution is -2.60. The fraction of sp³-hybridized carbons (Fsp3) is 0.521. The van der Waals surface area contributed by atoms with Crippen molar-refractivity contribution in [3.63, 3.8) is 0 Å². The van der Waals surface area contributed by atoms with Crippen LogP contribution in [0.5, 0.6) is 5.88 Å². The minimum atomic E-state index is -0.764. The number of rotatable bonds is 6. The monoisotopic (exact) mass is 887 g/mol. The van der Waals surface area contributed by atoms with Gasteiger partial charge in [0.25, 0.3) is 5.91 Å². The summed E-state index contributed by atoms with van der Waals surface area (Å²) in [6, 6.07) is 12.1. The Bertz CT molecular complexity index is 2670. The molecule has 1 saturated carbocycles. The number of piperazine rings is 1. The Labute approximate surface area is 377 Å². The van der Waals surface area contributed by atoms with E-state index in [4.69, 9.17) is 19.4 Å². The number of ether oxygens (including phenoxy) is 2. The van der Waals surface area contributed by atoms with E-state index in [1.807, 2.05) is 33.9 Å². The average Bonchev–Trinajstić information content (AvgIpc) is 3.97. The summed E-state index contributed by atoms with van der Waals surface area (Å²) in [5, 5.41) is 10.2. The molecule has 0 radical (unpaired) electrons. The molecule has 4 fully saturated rings. The topological polar surface area (TPSA) is 165 Å². The van der Waals surface area contributed by atoms with E-state index >= 15 is 4.39 Å². The van der Waals surface area contributed by atoms with Crippen molar-refractivity contribution in [1.29, 1.82) is 0 Å². The number of carbonyl (C=O) groups is 3. The molecule has 10 rings (SSSR count). The van der Waals surface area contributed by atoms with Gasteiger partial charge in [0.2, 0.25) is 23.6 Å². The number of anilines is 3. The van der Waals surface area contributed by atoms with Crippen molar-refractivity contribution >= 4 is 46.1 Å². The van der Waals surface area contributed by atoms with Gasteiger partial charge in [-0.1, -0.05) is 0 Å². The van der Waals surface area contributed by atoms with Gasteiger partial charge in [0.1, 0.15) is 5.82 Å². The molecule has 1 aromatic carbocycles. The van der Waals surface area contributed by atoms with E-state index < -0.39 is 17.6 Å². The van der Waals surface area contributed by atoms with E-state index in [-0.39, 0.29) is 36.4 Å². The van der Waals surface area contributed by atoms with Crippen LogP contribution in [0.3, 0.4) is 0 Å². The largest absolute Gasteiger partial charge is 0.477 e. The highest BCUT2D eigenvalue weighted by Gasteiger charge is 2.37. The lowest BCUT2D eigenvalue weighted by atomic mass is 9.93. The maximum Gasteiger partial charge on any atom is 0.258 e. The van der Waals surface area contributed by atoms with Gasteiger partial charge in [0.05, 0.1) is 70.2 Å². The first-order chi connectivity index (χ1) is 31.4. The molecule has 8 heterocycles. The Morgan fingerprint density at radius 3 is 2.48 bits per heavy atom. The number of hydrogen-bond donors (Lipinski definition) is 2. The molecule has 4 aliphatic heterocycles. The van der Waals surface area contributed by atoms with Gasteiger partial charge in [0, 0.05) is 88.9 Å². The quantitative estimate of drug-likeness (QED) is 0.201. The molecule has 65 heavy (non-hydrogen) atoms. The number of halogens is 1. The van der Waals surface area contributed by atoms with Crippen LogP contribution in [0.4, 0.5) is 21.7 Å². The van der Waals surface area contributed by atoms with E-state index in [2.05, 4.69) is 58.2 Å². The minimum absolute atomic E-state index is 0.112. The van der Waals surface area contributed by atoms with Crippen LogP contribution in [-0.4, -0.2) is 117 Å². The SMILES string of the molecule is COC[C@H]1CN(c2ccc3nc4n(c3c2)C[C@@H]2CC[C@H](COc3c(c(C)nn3C)-c3cc(cc(C)n3)C(=O)N4)C2)CCN1C1CCN(c2cc(F)c(C3CCC(=O)NC3=O)nc2C)CC1. The number of fused-ring (bicyclic) bond motifs is 9. The summed E-state index contributed by atoms with van der Waals surface area (Å²) < 4.78 is 31.9. The Morgan fingerprint density at radius 2 is 1.68 bits per heavy atom. The van der Waals surface area contributed by atoms with Crippen molar-refractivity contribution in [2.45, 2.75) is 90.3 Å². The van der Waals surface area contributed by atoms with Crippen molar-refractivity contribution in [3.8, 4) is 17.1 Å². The van der Waals surface area contributed by atoms with E-state index in [0.717, 1.165) is 111 Å². The van der Waals surface area contributed by atoms with Crippen molar-refractivity contribution in [1.82, 2.24) is 39.5 Å². The van der Waals surface area contributed by atoms with E-state index in [1.165, 1.54) is 6.07 Å². The minimum Gasteiger partial charge on any atom is -0.477 e. The van der Waals surface area contributed by atoms with E-state index in [0.29, 0.717) is 59.9 Å². The molecule has 0 spiro atoms. The van der Waals surface area contributed by atoms with Gasteiger partial charge >= 0.3 is 0 Å². The molecule has 4 atom stereocenters. The number of pyridine rings is 2. The average molecular weight is 888 g/mol. The maximum atomic E-state index is 15.5. The molecule has 1 unspecified atom stereocenters. The number of imide groups is 1. The van der Waals surface area contributed by atoms with Crippen LogP contribution in [-0.2, 0) is 27.9 Å². The summed E-state index contributed by atoms with van der Waals surface area (Å²) in [5.41, 5.74) is 7.96. The standard InChI is InChI=1S/C48H58FN11O5/c1-27-18-32-20-39(50-27)43-29(3)55-56(4)47(43)65-25-31-7-6-30(19-31)23-60-41-21-34(8-10-38(41)52-48(60)54-45(32)62)58-16-17-59(35(24-58)26-64-5)33-12-14-57(15-13-33)40-22-37(49)44(51-28(40)2)36-9-11-42(61)53-46(36)63/h8,10,18,20-22,30-31,33,35-36H,6-7,9,11-17,19,23-26H2,1-5H3,(H,52,54,62)(H,53,61,63)/t30-,31+,35-,36?/m1/s1. The zero-order valence-corrected chi connectivity index (χ0v) is 37.9. The van der Waals surface area contributed by atoms with Crippen molar-refractivity contribution in [2.24, 2.45) is 18.9 Å². The predicted octanol–water partition coefficient (Wildman–Crippen LogP) is 5.68. The summed E-state index contributed by atoms with van der Waals surface area (Å²) >= 11 is 0. The highest BCUT2D eigenvalue weighted by molar-refractivity contribution is 6.05. The number of nitrogens with zero attached hydrogens (tertiary/aromatic N) is 9. The number of benzene rings is 1. The third kappa shape index (κ3) is 8.32. The predicted molar refractivity (Wildman–Crippen MR) is 244 cm³/mol. The molecular formula is C48H58FN11O5. The number of aromatic nitrogens is 6. The Balaban J connectivity index is 0.864. The summed E-state index contributed by atoms with van der Waals surface area (Å²) in [5.74, 6) is -0.343.